The summed E-state index contributed by atoms with van der Waals surface area (Å²) in [4.78, 5) is 18.4. The second-order valence-corrected chi connectivity index (χ2v) is 15.7. The third-order valence-corrected chi connectivity index (χ3v) is 13.3. The zero-order chi connectivity index (χ0) is 31.9. The van der Waals surface area contributed by atoms with Gasteiger partial charge in [0, 0.05) is 24.0 Å². The predicted molar refractivity (Wildman–Crippen MR) is 178 cm³/mol. The van der Waals surface area contributed by atoms with Gasteiger partial charge in [-0.2, -0.15) is 0 Å². The van der Waals surface area contributed by atoms with E-state index < -0.39 is 5.60 Å². The fourth-order valence-corrected chi connectivity index (χ4v) is 10.4. The van der Waals surface area contributed by atoms with Gasteiger partial charge in [0.1, 0.15) is 5.60 Å². The lowest BCUT2D eigenvalue weighted by Crippen LogP contribution is -2.54. The molecule has 1 aliphatic heterocycles. The Morgan fingerprint density at radius 1 is 1.11 bits per heavy atom. The molecule has 4 fully saturated rings. The molecule has 0 spiro atoms. The van der Waals surface area contributed by atoms with E-state index in [0.717, 1.165) is 82.9 Å². The molecular weight excluding hydrogens is 560 g/mol. The molecule has 3 saturated carbocycles. The monoisotopic (exact) mass is 614 g/mol. The number of benzene rings is 1. The minimum Gasteiger partial charge on any atom is -0.385 e. The summed E-state index contributed by atoms with van der Waals surface area (Å²) in [6.07, 6.45) is 19.2. The van der Waals surface area contributed by atoms with Crippen LogP contribution in [0, 0.1) is 46.8 Å². The van der Waals surface area contributed by atoms with Gasteiger partial charge in [-0.1, -0.05) is 74.7 Å². The van der Waals surface area contributed by atoms with Gasteiger partial charge >= 0.3 is 0 Å². The van der Waals surface area contributed by atoms with Crippen molar-refractivity contribution >= 4 is 11.6 Å². The summed E-state index contributed by atoms with van der Waals surface area (Å²) in [7, 11) is 0. The number of carbonyl (C=O) groups excluding carboxylic acids is 1. The molecule has 4 aliphatic carbocycles. The Morgan fingerprint density at radius 3 is 2.64 bits per heavy atom. The maximum absolute atomic E-state index is 12.8. The minimum atomic E-state index is -0.958. The molecule has 45 heavy (non-hydrogen) atoms. The van der Waals surface area contributed by atoms with Crippen molar-refractivity contribution in [3.63, 3.8) is 0 Å². The van der Waals surface area contributed by atoms with E-state index in [4.69, 9.17) is 16.0 Å². The van der Waals surface area contributed by atoms with E-state index in [-0.39, 0.29) is 34.9 Å². The number of rotatable bonds is 8. The third kappa shape index (κ3) is 5.78. The molecule has 0 radical (unpaired) electrons. The molecule has 1 aromatic carbocycles. The number of ether oxygens (including phenoxy) is 1. The normalized spacial score (nSPS) is 40.1. The molecule has 1 aromatic rings. The van der Waals surface area contributed by atoms with Gasteiger partial charge in [0.2, 0.25) is 0 Å². The molecule has 1 heterocycles. The van der Waals surface area contributed by atoms with Crippen LogP contribution in [0.2, 0.25) is 0 Å². The lowest BCUT2D eigenvalue weighted by molar-refractivity contribution is -0.125. The molecule has 1 saturated heterocycles. The summed E-state index contributed by atoms with van der Waals surface area (Å²) >= 11 is 0. The Labute approximate surface area is 270 Å². The Morgan fingerprint density at radius 2 is 1.89 bits per heavy atom. The predicted octanol–water partition coefficient (Wildman–Crippen LogP) is 6.97. The van der Waals surface area contributed by atoms with Crippen LogP contribution in [-0.2, 0) is 19.8 Å². The first-order valence-electron chi connectivity index (χ1n) is 17.6. The molecule has 1 amide bonds. The fourth-order valence-electron chi connectivity index (χ4n) is 10.4. The molecule has 6 heteroatoms. The molecule has 6 rings (SSSR count). The van der Waals surface area contributed by atoms with Gasteiger partial charge < -0.3 is 20.0 Å². The third-order valence-electron chi connectivity index (χ3n) is 13.3. The van der Waals surface area contributed by atoms with Crippen LogP contribution in [0.25, 0.3) is 0 Å². The van der Waals surface area contributed by atoms with Gasteiger partial charge in [-0.3, -0.25) is 4.79 Å². The Hall–Kier alpha value is -2.62. The second-order valence-electron chi connectivity index (χ2n) is 15.7. The quantitative estimate of drug-likeness (QED) is 0.245. The number of terminal acetylenes is 1. The standard InChI is InChI=1S/C39H54N2O4/c1-6-39(43)19-16-33-31-13-12-29-24-30(14-17-36(29,4)32(31)15-18-37(33,39)5)41-45-26-35(42)40-22-20-38(28-10-8-7-9-11-28)21-23-44-34(25-38)27(2)3/h1,7-11,24,27,31-34,43H,12-23,25-26H2,2-5H3,(H,40,42)/b41-30-/t31-,32+,33+,34-,36+,37+,38-,39+/m1/s1. The van der Waals surface area contributed by atoms with E-state index in [0.29, 0.717) is 30.2 Å². The van der Waals surface area contributed by atoms with E-state index >= 15 is 0 Å². The topological polar surface area (TPSA) is 80.2 Å². The number of carbonyl (C=O) groups is 1. The summed E-state index contributed by atoms with van der Waals surface area (Å²) in [5, 5.41) is 18.8. The fraction of sp³-hybridized carbons (Fsp3) is 0.692. The van der Waals surface area contributed by atoms with Crippen molar-refractivity contribution in [1.29, 1.82) is 0 Å². The summed E-state index contributed by atoms with van der Waals surface area (Å²) in [6.45, 7) is 10.4. The van der Waals surface area contributed by atoms with Crippen LogP contribution in [0.4, 0.5) is 0 Å². The second kappa shape index (κ2) is 12.5. The minimum absolute atomic E-state index is 0.00000715. The Bertz CT molecular complexity index is 1350. The first kappa shape index (κ1) is 32.3. The molecule has 244 valence electrons. The van der Waals surface area contributed by atoms with Crippen LogP contribution in [-0.4, -0.2) is 48.2 Å². The Balaban J connectivity index is 1.03. The van der Waals surface area contributed by atoms with Crippen LogP contribution in [0.3, 0.4) is 0 Å². The number of hydrogen-bond donors (Lipinski definition) is 2. The lowest BCUT2D eigenvalue weighted by Gasteiger charge is -2.58. The van der Waals surface area contributed by atoms with Crippen LogP contribution < -0.4 is 5.32 Å². The van der Waals surface area contributed by atoms with E-state index in [1.807, 2.05) is 0 Å². The molecule has 0 bridgehead atoms. The number of amides is 1. The highest BCUT2D eigenvalue weighted by molar-refractivity contribution is 5.96. The molecular formula is C39H54N2O4. The lowest BCUT2D eigenvalue weighted by atomic mass is 9.46. The number of hydrogen-bond acceptors (Lipinski definition) is 5. The maximum atomic E-state index is 12.8. The zero-order valence-corrected chi connectivity index (χ0v) is 27.9. The number of nitrogens with one attached hydrogen (secondary N) is 1. The van der Waals surface area contributed by atoms with Gasteiger partial charge in [-0.25, -0.2) is 0 Å². The molecule has 5 aliphatic rings. The average molecular weight is 615 g/mol. The summed E-state index contributed by atoms with van der Waals surface area (Å²) in [6, 6.07) is 10.7. The Kier molecular flexibility index (Phi) is 9.00. The summed E-state index contributed by atoms with van der Waals surface area (Å²) in [5.74, 6) is 4.86. The highest BCUT2D eigenvalue weighted by atomic mass is 16.6. The molecule has 8 atom stereocenters. The number of oxime groups is 1. The number of allylic oxidation sites excluding steroid dienone is 2. The maximum Gasteiger partial charge on any atom is 0.260 e. The van der Waals surface area contributed by atoms with Gasteiger partial charge in [0.25, 0.3) is 5.91 Å². The molecule has 0 unspecified atom stereocenters. The summed E-state index contributed by atoms with van der Waals surface area (Å²) in [5.41, 5.74) is 2.80. The van der Waals surface area contributed by atoms with Crippen molar-refractivity contribution in [3.05, 3.63) is 47.5 Å². The van der Waals surface area contributed by atoms with Gasteiger partial charge in [-0.05, 0) is 111 Å². The van der Waals surface area contributed by atoms with Crippen molar-refractivity contribution in [3.8, 4) is 12.3 Å². The largest absolute Gasteiger partial charge is 0.385 e. The number of nitrogens with zero attached hydrogens (tertiary/aromatic N) is 1. The van der Waals surface area contributed by atoms with Crippen molar-refractivity contribution in [2.75, 3.05) is 19.8 Å². The SMILES string of the molecule is C#C[C@]1(O)CC[C@H]2[C@@H]3CCC4=C/C(=N\OCC(=O)NCC[C@@]5(c6ccccc6)CCO[C@@H](C(C)C)C5)CC[C@]4(C)[C@H]3CC[C@@]21C. The van der Waals surface area contributed by atoms with Crippen molar-refractivity contribution in [1.82, 2.24) is 5.32 Å². The number of fused-ring (bicyclic) bond motifs is 5. The van der Waals surface area contributed by atoms with Crippen molar-refractivity contribution in [2.45, 2.75) is 115 Å². The summed E-state index contributed by atoms with van der Waals surface area (Å²) < 4.78 is 6.11. The van der Waals surface area contributed by atoms with Crippen molar-refractivity contribution in [2.24, 2.45) is 39.7 Å². The van der Waals surface area contributed by atoms with Crippen molar-refractivity contribution < 1.29 is 19.5 Å². The number of aliphatic hydroxyl groups is 1. The first-order valence-corrected chi connectivity index (χ1v) is 17.6. The van der Waals surface area contributed by atoms with Crippen LogP contribution in [0.1, 0.15) is 104 Å². The van der Waals surface area contributed by atoms with Crippen LogP contribution >= 0.6 is 0 Å². The van der Waals surface area contributed by atoms with Crippen LogP contribution in [0.5, 0.6) is 0 Å². The molecule has 6 nitrogen and oxygen atoms in total. The van der Waals surface area contributed by atoms with E-state index in [9.17, 15) is 9.90 Å². The van der Waals surface area contributed by atoms with Gasteiger partial charge in [0.15, 0.2) is 6.61 Å². The molecule has 2 N–H and O–H groups in total. The zero-order valence-electron chi connectivity index (χ0n) is 27.9. The highest BCUT2D eigenvalue weighted by Gasteiger charge is 2.63. The smallest absolute Gasteiger partial charge is 0.260 e. The van der Waals surface area contributed by atoms with E-state index in [1.165, 1.54) is 11.1 Å². The van der Waals surface area contributed by atoms with E-state index in [1.54, 1.807) is 0 Å². The first-order chi connectivity index (χ1) is 21.5. The van der Waals surface area contributed by atoms with E-state index in [2.05, 4.69) is 80.5 Å². The average Bonchev–Trinajstić information content (AvgIpc) is 3.32. The van der Waals surface area contributed by atoms with Gasteiger partial charge in [0.05, 0.1) is 11.8 Å². The highest BCUT2D eigenvalue weighted by Crippen LogP contribution is 2.67. The van der Waals surface area contributed by atoms with Crippen LogP contribution in [0.15, 0.2) is 47.1 Å². The van der Waals surface area contributed by atoms with Gasteiger partial charge in [-0.15, -0.1) is 6.42 Å². The molecule has 0 aromatic heterocycles.